The highest BCUT2D eigenvalue weighted by atomic mass is 32.1. The minimum atomic E-state index is -0.254. The Balaban J connectivity index is 1.78. The van der Waals surface area contributed by atoms with Crippen molar-refractivity contribution in [3.8, 4) is 0 Å². The van der Waals surface area contributed by atoms with Gasteiger partial charge in [0.15, 0.2) is 0 Å². The normalized spacial score (nSPS) is 22.3. The van der Waals surface area contributed by atoms with Gasteiger partial charge < -0.3 is 15.4 Å². The molecule has 2 rings (SSSR count). The SMILES string of the molecule is CC(C)(C(N)=S)N1CCN(CC(=O)N2CCOCC2)CC1. The molecule has 0 aromatic carbocycles. The number of piperazine rings is 1. The number of carbonyl (C=O) groups excluding carboxylic acids is 1. The Hall–Kier alpha value is -0.760. The monoisotopic (exact) mass is 314 g/mol. The average molecular weight is 314 g/mol. The summed E-state index contributed by atoms with van der Waals surface area (Å²) in [5.41, 5.74) is 5.56. The van der Waals surface area contributed by atoms with E-state index in [4.69, 9.17) is 22.7 Å². The molecule has 0 radical (unpaired) electrons. The summed E-state index contributed by atoms with van der Waals surface area (Å²) in [5.74, 6) is 0.209. The van der Waals surface area contributed by atoms with E-state index in [-0.39, 0.29) is 11.4 Å². The summed E-state index contributed by atoms with van der Waals surface area (Å²) in [6.45, 7) is 10.9. The molecule has 0 spiro atoms. The highest BCUT2D eigenvalue weighted by Gasteiger charge is 2.33. The molecule has 2 N–H and O–H groups in total. The topological polar surface area (TPSA) is 62.0 Å². The summed E-state index contributed by atoms with van der Waals surface area (Å²) in [4.78, 5) is 19.2. The largest absolute Gasteiger partial charge is 0.392 e. The number of hydrogen-bond donors (Lipinski definition) is 1. The zero-order chi connectivity index (χ0) is 15.5. The van der Waals surface area contributed by atoms with Crippen LogP contribution >= 0.6 is 12.2 Å². The smallest absolute Gasteiger partial charge is 0.236 e. The Kier molecular flexibility index (Phi) is 5.54. The molecule has 0 aromatic heterocycles. The van der Waals surface area contributed by atoms with Crippen molar-refractivity contribution in [1.29, 1.82) is 0 Å². The van der Waals surface area contributed by atoms with Gasteiger partial charge in [-0.3, -0.25) is 14.6 Å². The van der Waals surface area contributed by atoms with Crippen molar-refractivity contribution < 1.29 is 9.53 Å². The van der Waals surface area contributed by atoms with Gasteiger partial charge in [-0.2, -0.15) is 0 Å². The number of carbonyl (C=O) groups is 1. The number of amides is 1. The molecular weight excluding hydrogens is 288 g/mol. The molecule has 0 saturated carbocycles. The number of nitrogens with two attached hydrogens (primary N) is 1. The minimum Gasteiger partial charge on any atom is -0.392 e. The van der Waals surface area contributed by atoms with Crippen LogP contribution in [-0.2, 0) is 9.53 Å². The number of hydrogen-bond acceptors (Lipinski definition) is 5. The highest BCUT2D eigenvalue weighted by molar-refractivity contribution is 7.80. The van der Waals surface area contributed by atoms with Crippen LogP contribution in [0.15, 0.2) is 0 Å². The molecule has 7 heteroatoms. The van der Waals surface area contributed by atoms with Crippen LogP contribution in [0.1, 0.15) is 13.8 Å². The van der Waals surface area contributed by atoms with Gasteiger partial charge in [-0.25, -0.2) is 0 Å². The van der Waals surface area contributed by atoms with Crippen molar-refractivity contribution >= 4 is 23.1 Å². The van der Waals surface area contributed by atoms with Gasteiger partial charge in [0, 0.05) is 39.3 Å². The van der Waals surface area contributed by atoms with Crippen LogP contribution < -0.4 is 5.73 Å². The van der Waals surface area contributed by atoms with Gasteiger partial charge in [-0.1, -0.05) is 12.2 Å². The van der Waals surface area contributed by atoms with Crippen LogP contribution in [0.4, 0.5) is 0 Å². The standard InChI is InChI=1S/C14H26N4O2S/c1-14(2,13(15)21)18-5-3-16(4-6-18)11-12(19)17-7-9-20-10-8-17/h3-11H2,1-2H3,(H2,15,21). The summed E-state index contributed by atoms with van der Waals surface area (Å²) in [5, 5.41) is 0. The van der Waals surface area contributed by atoms with Gasteiger partial charge >= 0.3 is 0 Å². The number of ether oxygens (including phenoxy) is 1. The Morgan fingerprint density at radius 1 is 1.14 bits per heavy atom. The predicted molar refractivity (Wildman–Crippen MR) is 86.3 cm³/mol. The van der Waals surface area contributed by atoms with E-state index >= 15 is 0 Å². The summed E-state index contributed by atoms with van der Waals surface area (Å²) in [6.07, 6.45) is 0. The molecule has 2 aliphatic heterocycles. The van der Waals surface area contributed by atoms with Crippen LogP contribution in [0.3, 0.4) is 0 Å². The van der Waals surface area contributed by atoms with Crippen LogP contribution in [0.25, 0.3) is 0 Å². The van der Waals surface area contributed by atoms with E-state index in [1.165, 1.54) is 0 Å². The fourth-order valence-electron chi connectivity index (χ4n) is 2.72. The molecule has 1 amide bonds. The Labute approximate surface area is 132 Å². The van der Waals surface area contributed by atoms with Crippen molar-refractivity contribution in [2.75, 3.05) is 59.0 Å². The van der Waals surface area contributed by atoms with Crippen molar-refractivity contribution in [1.82, 2.24) is 14.7 Å². The van der Waals surface area contributed by atoms with Crippen LogP contribution in [0, 0.1) is 0 Å². The van der Waals surface area contributed by atoms with Crippen LogP contribution in [0.2, 0.25) is 0 Å². The van der Waals surface area contributed by atoms with E-state index in [0.717, 1.165) is 26.2 Å². The first-order valence-electron chi connectivity index (χ1n) is 7.54. The molecule has 0 atom stereocenters. The van der Waals surface area contributed by atoms with Crippen molar-refractivity contribution in [2.45, 2.75) is 19.4 Å². The van der Waals surface area contributed by atoms with Crippen molar-refractivity contribution in [3.05, 3.63) is 0 Å². The fraction of sp³-hybridized carbons (Fsp3) is 0.857. The molecule has 2 fully saturated rings. The lowest BCUT2D eigenvalue weighted by atomic mass is 10.0. The number of morpholine rings is 1. The van der Waals surface area contributed by atoms with Gasteiger partial charge in [-0.15, -0.1) is 0 Å². The van der Waals surface area contributed by atoms with Gasteiger partial charge in [0.2, 0.25) is 5.91 Å². The van der Waals surface area contributed by atoms with E-state index in [2.05, 4.69) is 23.6 Å². The summed E-state index contributed by atoms with van der Waals surface area (Å²) in [7, 11) is 0. The molecule has 120 valence electrons. The molecular formula is C14H26N4O2S. The maximum absolute atomic E-state index is 12.2. The zero-order valence-electron chi connectivity index (χ0n) is 13.0. The third-order valence-electron chi connectivity index (χ3n) is 4.49. The predicted octanol–water partition coefficient (Wildman–Crippen LogP) is -0.472. The molecule has 2 aliphatic rings. The zero-order valence-corrected chi connectivity index (χ0v) is 13.8. The highest BCUT2D eigenvalue weighted by Crippen LogP contribution is 2.17. The Morgan fingerprint density at radius 3 is 2.24 bits per heavy atom. The first-order chi connectivity index (χ1) is 9.91. The third kappa shape index (κ3) is 4.12. The van der Waals surface area contributed by atoms with E-state index in [9.17, 15) is 4.79 Å². The van der Waals surface area contributed by atoms with E-state index in [1.807, 2.05) is 4.90 Å². The fourth-order valence-corrected chi connectivity index (χ4v) is 2.85. The second-order valence-electron chi connectivity index (χ2n) is 6.18. The molecule has 0 bridgehead atoms. The molecule has 2 heterocycles. The van der Waals surface area contributed by atoms with E-state index < -0.39 is 0 Å². The lowest BCUT2D eigenvalue weighted by Crippen LogP contribution is -2.60. The van der Waals surface area contributed by atoms with Crippen molar-refractivity contribution in [2.24, 2.45) is 5.73 Å². The Morgan fingerprint density at radius 2 is 1.71 bits per heavy atom. The van der Waals surface area contributed by atoms with Crippen LogP contribution in [0.5, 0.6) is 0 Å². The van der Waals surface area contributed by atoms with Gasteiger partial charge in [0.1, 0.15) is 0 Å². The van der Waals surface area contributed by atoms with Gasteiger partial charge in [-0.05, 0) is 13.8 Å². The summed E-state index contributed by atoms with van der Waals surface area (Å²) in [6, 6.07) is 0. The second kappa shape index (κ2) is 7.00. The molecule has 0 aliphatic carbocycles. The third-order valence-corrected chi connectivity index (χ3v) is 4.99. The Bertz CT molecular complexity index is 388. The van der Waals surface area contributed by atoms with E-state index in [0.29, 0.717) is 37.8 Å². The molecule has 0 aromatic rings. The molecule has 2 saturated heterocycles. The van der Waals surface area contributed by atoms with Gasteiger partial charge in [0.25, 0.3) is 0 Å². The number of rotatable bonds is 4. The lowest BCUT2D eigenvalue weighted by molar-refractivity contribution is -0.137. The number of nitrogens with zero attached hydrogens (tertiary/aromatic N) is 3. The number of thiocarbonyl (C=S) groups is 1. The second-order valence-corrected chi connectivity index (χ2v) is 6.62. The molecule has 6 nitrogen and oxygen atoms in total. The molecule has 0 unspecified atom stereocenters. The quantitative estimate of drug-likeness (QED) is 0.708. The summed E-state index contributed by atoms with van der Waals surface area (Å²) >= 11 is 5.15. The summed E-state index contributed by atoms with van der Waals surface area (Å²) < 4.78 is 5.28. The average Bonchev–Trinajstić information content (AvgIpc) is 2.48. The first-order valence-corrected chi connectivity index (χ1v) is 7.95. The maximum Gasteiger partial charge on any atom is 0.236 e. The van der Waals surface area contributed by atoms with Crippen LogP contribution in [-0.4, -0.2) is 90.2 Å². The first kappa shape index (κ1) is 16.6. The van der Waals surface area contributed by atoms with E-state index in [1.54, 1.807) is 0 Å². The molecule has 21 heavy (non-hydrogen) atoms. The minimum absolute atomic E-state index is 0.209. The maximum atomic E-state index is 12.2. The van der Waals surface area contributed by atoms with Crippen molar-refractivity contribution in [3.63, 3.8) is 0 Å². The lowest BCUT2D eigenvalue weighted by Gasteiger charge is -2.43. The van der Waals surface area contributed by atoms with Gasteiger partial charge in [0.05, 0.1) is 30.3 Å².